The third kappa shape index (κ3) is 3.92. The Balaban J connectivity index is 1.78. The summed E-state index contributed by atoms with van der Waals surface area (Å²) in [5.74, 6) is 0.801. The summed E-state index contributed by atoms with van der Waals surface area (Å²) < 4.78 is 6.03. The highest BCUT2D eigenvalue weighted by atomic mass is 35.5. The van der Waals surface area contributed by atoms with Gasteiger partial charge in [-0.1, -0.05) is 17.7 Å². The van der Waals surface area contributed by atoms with Crippen LogP contribution < -0.4 is 15.4 Å². The van der Waals surface area contributed by atoms with Crippen LogP contribution in [0, 0.1) is 0 Å². The van der Waals surface area contributed by atoms with Gasteiger partial charge in [-0.15, -0.1) is 0 Å². The minimum absolute atomic E-state index is 0.0580. The number of fused-ring (bicyclic) bond motifs is 1. The molecule has 4 nitrogen and oxygen atoms in total. The monoisotopic (exact) mass is 347 g/mol. The smallest absolute Gasteiger partial charge is 0.171 e. The van der Waals surface area contributed by atoms with E-state index in [2.05, 4.69) is 29.5 Å². The maximum atomic E-state index is 6.09. The van der Waals surface area contributed by atoms with Crippen LogP contribution in [0.5, 0.6) is 5.75 Å². The van der Waals surface area contributed by atoms with E-state index >= 15 is 0 Å². The maximum absolute atomic E-state index is 6.09. The van der Waals surface area contributed by atoms with Crippen LogP contribution in [0.1, 0.15) is 31.9 Å². The lowest BCUT2D eigenvalue weighted by atomic mass is 9.90. The number of pyridine rings is 1. The Labute approximate surface area is 146 Å². The van der Waals surface area contributed by atoms with Crippen molar-refractivity contribution >= 4 is 34.6 Å². The molecule has 2 heterocycles. The Hall–Kier alpha value is -1.85. The van der Waals surface area contributed by atoms with Gasteiger partial charge < -0.3 is 15.4 Å². The van der Waals surface area contributed by atoms with Crippen molar-refractivity contribution in [2.24, 2.45) is 0 Å². The molecule has 0 bridgehead atoms. The summed E-state index contributed by atoms with van der Waals surface area (Å²) in [6, 6.07) is 9.54. The molecule has 1 aromatic carbocycles. The van der Waals surface area contributed by atoms with Gasteiger partial charge in [0, 0.05) is 23.2 Å². The SMILES string of the molecule is CC1(C)C[C@@H](NC(=S)Nc2cccnc2)c2ccc(Cl)cc2O1. The van der Waals surface area contributed by atoms with E-state index in [-0.39, 0.29) is 11.6 Å². The van der Waals surface area contributed by atoms with Crippen LogP contribution in [-0.4, -0.2) is 15.7 Å². The molecule has 0 saturated carbocycles. The van der Waals surface area contributed by atoms with Gasteiger partial charge in [0.25, 0.3) is 0 Å². The van der Waals surface area contributed by atoms with Crippen LogP contribution in [-0.2, 0) is 0 Å². The van der Waals surface area contributed by atoms with Crippen LogP contribution in [0.4, 0.5) is 5.69 Å². The fraction of sp³-hybridized carbons (Fsp3) is 0.294. The lowest BCUT2D eigenvalue weighted by Gasteiger charge is -2.38. The van der Waals surface area contributed by atoms with Gasteiger partial charge in [-0.25, -0.2) is 0 Å². The summed E-state index contributed by atoms with van der Waals surface area (Å²) >= 11 is 11.5. The van der Waals surface area contributed by atoms with Crippen LogP contribution in [0.25, 0.3) is 0 Å². The molecule has 1 atom stereocenters. The Bertz CT molecular complexity index is 721. The molecule has 120 valence electrons. The van der Waals surface area contributed by atoms with Gasteiger partial charge in [-0.05, 0) is 50.3 Å². The number of thiocarbonyl (C=S) groups is 1. The average Bonchev–Trinajstić information content (AvgIpc) is 2.46. The van der Waals surface area contributed by atoms with E-state index < -0.39 is 0 Å². The van der Waals surface area contributed by atoms with Crippen molar-refractivity contribution in [2.45, 2.75) is 31.9 Å². The van der Waals surface area contributed by atoms with E-state index in [4.69, 9.17) is 28.6 Å². The summed E-state index contributed by atoms with van der Waals surface area (Å²) in [4.78, 5) is 4.07. The van der Waals surface area contributed by atoms with Crippen LogP contribution >= 0.6 is 23.8 Å². The molecular formula is C17H18ClN3OS. The normalized spacial score (nSPS) is 18.5. The van der Waals surface area contributed by atoms with Crippen molar-refractivity contribution in [3.8, 4) is 5.75 Å². The predicted octanol–water partition coefficient (Wildman–Crippen LogP) is 4.32. The molecule has 2 N–H and O–H groups in total. The number of hydrogen-bond acceptors (Lipinski definition) is 3. The first-order chi connectivity index (χ1) is 10.9. The standard InChI is InChI=1S/C17H18ClN3OS/c1-17(2)9-14(13-6-5-11(18)8-15(13)22-17)21-16(23)20-12-4-3-7-19-10-12/h3-8,10,14H,9H2,1-2H3,(H2,20,21,23)/t14-/m1/s1. The molecule has 1 aliphatic heterocycles. The van der Waals surface area contributed by atoms with Crippen LogP contribution in [0.3, 0.4) is 0 Å². The molecule has 1 aromatic heterocycles. The molecule has 0 radical (unpaired) electrons. The number of anilines is 1. The largest absolute Gasteiger partial charge is 0.487 e. The predicted molar refractivity (Wildman–Crippen MR) is 97.1 cm³/mol. The number of nitrogens with one attached hydrogen (secondary N) is 2. The molecule has 1 aliphatic rings. The molecule has 0 fully saturated rings. The summed E-state index contributed by atoms with van der Waals surface area (Å²) in [6.45, 7) is 4.12. The summed E-state index contributed by atoms with van der Waals surface area (Å²) in [6.07, 6.45) is 4.26. The lowest BCUT2D eigenvalue weighted by molar-refractivity contribution is 0.0697. The second kappa shape index (κ2) is 6.34. The van der Waals surface area contributed by atoms with E-state index in [0.717, 1.165) is 23.4 Å². The molecule has 0 amide bonds. The Morgan fingerprint density at radius 3 is 2.96 bits per heavy atom. The minimum atomic E-state index is -0.292. The Morgan fingerprint density at radius 1 is 1.39 bits per heavy atom. The van der Waals surface area contributed by atoms with Crippen molar-refractivity contribution < 1.29 is 4.74 Å². The zero-order valence-corrected chi connectivity index (χ0v) is 14.5. The van der Waals surface area contributed by atoms with Crippen molar-refractivity contribution in [1.29, 1.82) is 0 Å². The van der Waals surface area contributed by atoms with Crippen LogP contribution in [0.2, 0.25) is 5.02 Å². The Morgan fingerprint density at radius 2 is 2.22 bits per heavy atom. The number of halogens is 1. The van der Waals surface area contributed by atoms with Gasteiger partial charge in [0.2, 0.25) is 0 Å². The number of rotatable bonds is 2. The molecule has 6 heteroatoms. The topological polar surface area (TPSA) is 46.2 Å². The first-order valence-corrected chi connectivity index (χ1v) is 8.18. The zero-order chi connectivity index (χ0) is 16.4. The van der Waals surface area contributed by atoms with Gasteiger partial charge in [0.05, 0.1) is 17.9 Å². The first kappa shape index (κ1) is 16.0. The maximum Gasteiger partial charge on any atom is 0.171 e. The Kier molecular flexibility index (Phi) is 4.41. The fourth-order valence-electron chi connectivity index (χ4n) is 2.72. The highest BCUT2D eigenvalue weighted by Gasteiger charge is 2.34. The number of aromatic nitrogens is 1. The zero-order valence-electron chi connectivity index (χ0n) is 13.0. The number of nitrogens with zero attached hydrogens (tertiary/aromatic N) is 1. The van der Waals surface area contributed by atoms with E-state index in [1.807, 2.05) is 30.3 Å². The van der Waals surface area contributed by atoms with E-state index in [9.17, 15) is 0 Å². The molecule has 3 rings (SSSR count). The third-order valence-corrected chi connectivity index (χ3v) is 4.11. The highest BCUT2D eigenvalue weighted by molar-refractivity contribution is 7.80. The molecule has 0 aliphatic carbocycles. The van der Waals surface area contributed by atoms with Crippen molar-refractivity contribution in [1.82, 2.24) is 10.3 Å². The van der Waals surface area contributed by atoms with E-state index in [0.29, 0.717) is 10.1 Å². The van der Waals surface area contributed by atoms with E-state index in [1.165, 1.54) is 0 Å². The lowest BCUT2D eigenvalue weighted by Crippen LogP contribution is -2.42. The minimum Gasteiger partial charge on any atom is -0.487 e. The number of ether oxygens (including phenoxy) is 1. The molecule has 0 spiro atoms. The van der Waals surface area contributed by atoms with Gasteiger partial charge >= 0.3 is 0 Å². The average molecular weight is 348 g/mol. The second-order valence-corrected chi connectivity index (χ2v) is 6.99. The molecule has 23 heavy (non-hydrogen) atoms. The highest BCUT2D eigenvalue weighted by Crippen LogP contribution is 2.40. The molecule has 0 unspecified atom stereocenters. The molecular weight excluding hydrogens is 330 g/mol. The number of benzene rings is 1. The summed E-state index contributed by atoms with van der Waals surface area (Å²) in [7, 11) is 0. The number of hydrogen-bond donors (Lipinski definition) is 2. The van der Waals surface area contributed by atoms with Crippen LogP contribution in [0.15, 0.2) is 42.7 Å². The van der Waals surface area contributed by atoms with Gasteiger partial charge in [0.1, 0.15) is 11.4 Å². The van der Waals surface area contributed by atoms with E-state index in [1.54, 1.807) is 12.4 Å². The molecule has 0 saturated heterocycles. The third-order valence-electron chi connectivity index (χ3n) is 3.66. The summed E-state index contributed by atoms with van der Waals surface area (Å²) in [5.41, 5.74) is 1.62. The summed E-state index contributed by atoms with van der Waals surface area (Å²) in [5, 5.41) is 7.74. The first-order valence-electron chi connectivity index (χ1n) is 7.39. The second-order valence-electron chi connectivity index (χ2n) is 6.14. The fourth-order valence-corrected chi connectivity index (χ4v) is 3.14. The van der Waals surface area contributed by atoms with Crippen molar-refractivity contribution in [3.63, 3.8) is 0 Å². The van der Waals surface area contributed by atoms with Gasteiger partial charge in [-0.2, -0.15) is 0 Å². The van der Waals surface area contributed by atoms with Gasteiger partial charge in [0.15, 0.2) is 5.11 Å². The van der Waals surface area contributed by atoms with Crippen molar-refractivity contribution in [3.05, 3.63) is 53.3 Å². The molecule has 2 aromatic rings. The van der Waals surface area contributed by atoms with Gasteiger partial charge in [-0.3, -0.25) is 4.98 Å². The van der Waals surface area contributed by atoms with Crippen molar-refractivity contribution in [2.75, 3.05) is 5.32 Å². The quantitative estimate of drug-likeness (QED) is 0.792.